The molecule has 0 spiro atoms. The van der Waals surface area contributed by atoms with Crippen LogP contribution in [0, 0.1) is 17.6 Å². The number of nitrogens with zero attached hydrogens (tertiary/aromatic N) is 2. The highest BCUT2D eigenvalue weighted by atomic mass is 19.4. The van der Waals surface area contributed by atoms with Crippen molar-refractivity contribution >= 4 is 17.0 Å². The second-order valence-electron chi connectivity index (χ2n) is 10.3. The minimum Gasteiger partial charge on any atom is -0.475 e. The van der Waals surface area contributed by atoms with Crippen LogP contribution >= 0.6 is 0 Å². The number of hydrogen-bond donors (Lipinski definition) is 1. The second-order valence-corrected chi connectivity index (χ2v) is 10.3. The molecule has 1 aromatic carbocycles. The molecule has 1 aliphatic rings. The van der Waals surface area contributed by atoms with Gasteiger partial charge in [-0.1, -0.05) is 13.8 Å². The van der Waals surface area contributed by atoms with Crippen LogP contribution in [0.5, 0.6) is 5.88 Å². The number of nitrogens with one attached hydrogen (secondary N) is 1. The van der Waals surface area contributed by atoms with Crippen molar-refractivity contribution < 1.29 is 36.2 Å². The van der Waals surface area contributed by atoms with Crippen LogP contribution in [0.1, 0.15) is 46.1 Å². The zero-order valence-corrected chi connectivity index (χ0v) is 20.7. The lowest BCUT2D eigenvalue weighted by molar-refractivity contribution is -0.139. The number of fused-ring (bicyclic) bond motifs is 1. The van der Waals surface area contributed by atoms with Crippen LogP contribution in [0.2, 0.25) is 0 Å². The topological polar surface area (TPSA) is 73.3 Å². The van der Waals surface area contributed by atoms with E-state index >= 15 is 0 Å². The van der Waals surface area contributed by atoms with E-state index in [2.05, 4.69) is 15.3 Å². The summed E-state index contributed by atoms with van der Waals surface area (Å²) in [4.78, 5) is 20.1. The largest absolute Gasteiger partial charge is 0.475 e. The molecular weight excluding hydrogens is 497 g/mol. The third-order valence-corrected chi connectivity index (χ3v) is 6.01. The van der Waals surface area contributed by atoms with Gasteiger partial charge in [-0.25, -0.2) is 18.6 Å². The Morgan fingerprint density at radius 1 is 1.16 bits per heavy atom. The van der Waals surface area contributed by atoms with E-state index in [1.165, 1.54) is 12.3 Å². The Morgan fingerprint density at radius 2 is 1.89 bits per heavy atom. The highest BCUT2D eigenvalue weighted by Crippen LogP contribution is 2.40. The fourth-order valence-corrected chi connectivity index (χ4v) is 5.01. The van der Waals surface area contributed by atoms with Crippen LogP contribution < -0.4 is 10.1 Å². The first kappa shape index (κ1) is 26.6. The van der Waals surface area contributed by atoms with Gasteiger partial charge >= 0.3 is 12.3 Å². The van der Waals surface area contributed by atoms with Crippen LogP contribution in [-0.4, -0.2) is 33.8 Å². The molecule has 1 saturated heterocycles. The molecule has 1 amide bonds. The Kier molecular flexibility index (Phi) is 6.76. The molecule has 3 heterocycles. The minimum absolute atomic E-state index is 0.0441. The van der Waals surface area contributed by atoms with Gasteiger partial charge in [0.15, 0.2) is 0 Å². The lowest BCUT2D eigenvalue weighted by atomic mass is 9.79. The number of rotatable bonds is 6. The van der Waals surface area contributed by atoms with Gasteiger partial charge in [0.1, 0.15) is 29.4 Å². The molecule has 1 fully saturated rings. The van der Waals surface area contributed by atoms with Gasteiger partial charge in [0.25, 0.3) is 0 Å². The summed E-state index contributed by atoms with van der Waals surface area (Å²) in [6.45, 7) is 7.02. The molecule has 1 N–H and O–H groups in total. The molecule has 2 aromatic heterocycles. The number of carbonyl (C=O) groups excluding carboxylic acids is 1. The number of cyclic esters (lactones) is 1. The van der Waals surface area contributed by atoms with Gasteiger partial charge in [0, 0.05) is 41.9 Å². The van der Waals surface area contributed by atoms with Crippen molar-refractivity contribution in [3.05, 3.63) is 53.9 Å². The molecule has 11 heteroatoms. The average Bonchev–Trinajstić information content (AvgIpc) is 2.74. The van der Waals surface area contributed by atoms with Gasteiger partial charge in [-0.05, 0) is 43.9 Å². The summed E-state index contributed by atoms with van der Waals surface area (Å²) in [5.41, 5.74) is -3.02. The fraction of sp³-hybridized carbons (Fsp3) is 0.423. The normalized spacial score (nSPS) is 19.6. The summed E-state index contributed by atoms with van der Waals surface area (Å²) in [6.07, 6.45) is -2.41. The van der Waals surface area contributed by atoms with Crippen LogP contribution in [0.3, 0.4) is 0 Å². The van der Waals surface area contributed by atoms with Crippen molar-refractivity contribution in [2.75, 3.05) is 6.61 Å². The van der Waals surface area contributed by atoms with E-state index in [4.69, 9.17) is 9.47 Å². The van der Waals surface area contributed by atoms with Gasteiger partial charge in [-0.2, -0.15) is 13.2 Å². The third-order valence-electron chi connectivity index (χ3n) is 6.01. The number of carbonyl (C=O) groups is 1. The molecule has 0 unspecified atom stereocenters. The molecule has 0 radical (unpaired) electrons. The number of aromatic nitrogens is 2. The number of ether oxygens (including phenoxy) is 2. The molecule has 0 aliphatic carbocycles. The van der Waals surface area contributed by atoms with E-state index in [1.807, 2.05) is 13.8 Å². The zero-order chi connectivity index (χ0) is 27.2. The highest BCUT2D eigenvalue weighted by Gasteiger charge is 2.46. The predicted octanol–water partition coefficient (Wildman–Crippen LogP) is 6.67. The second kappa shape index (κ2) is 9.42. The summed E-state index contributed by atoms with van der Waals surface area (Å²) in [6, 6.07) is 3.77. The minimum atomic E-state index is -4.85. The fourth-order valence-electron chi connectivity index (χ4n) is 5.01. The first-order chi connectivity index (χ1) is 17.2. The smallest absolute Gasteiger partial charge is 0.421 e. The number of amides is 1. The number of pyridine rings is 2. The standard InChI is InChI=1S/C26H26F5N3O3/c1-14(2)10-25(12-24(3,4)37-23(35)34-25)13-36-22-18(26(29,30)31)7-15(11-33-22)17-5-6-32-20-9-16(27)8-19(28)21(17)20/h5-9,11,14H,10,12-13H2,1-4H3,(H,34,35)/t25-/m1/s1. The predicted molar refractivity (Wildman–Crippen MR) is 126 cm³/mol. The van der Waals surface area contributed by atoms with Gasteiger partial charge < -0.3 is 14.8 Å². The molecule has 4 rings (SSSR count). The van der Waals surface area contributed by atoms with Crippen molar-refractivity contribution in [2.24, 2.45) is 5.92 Å². The molecule has 0 saturated carbocycles. The van der Waals surface area contributed by atoms with Crippen LogP contribution in [0.25, 0.3) is 22.0 Å². The first-order valence-corrected chi connectivity index (χ1v) is 11.6. The first-order valence-electron chi connectivity index (χ1n) is 11.6. The zero-order valence-electron chi connectivity index (χ0n) is 20.7. The average molecular weight is 524 g/mol. The SMILES string of the molecule is CC(C)C[C@]1(COc2ncc(-c3ccnc4cc(F)cc(F)c34)cc2C(F)(F)F)CC(C)(C)OC(=O)N1. The number of halogens is 5. The van der Waals surface area contributed by atoms with Gasteiger partial charge in [-0.3, -0.25) is 4.98 Å². The summed E-state index contributed by atoms with van der Waals surface area (Å²) in [5.74, 6) is -2.40. The summed E-state index contributed by atoms with van der Waals surface area (Å²) in [5, 5.41) is 2.61. The van der Waals surface area contributed by atoms with Crippen molar-refractivity contribution in [1.82, 2.24) is 15.3 Å². The van der Waals surface area contributed by atoms with E-state index in [-0.39, 0.29) is 34.6 Å². The van der Waals surface area contributed by atoms with Crippen molar-refractivity contribution in [3.63, 3.8) is 0 Å². The molecule has 6 nitrogen and oxygen atoms in total. The van der Waals surface area contributed by atoms with Crippen molar-refractivity contribution in [2.45, 2.75) is 57.9 Å². The van der Waals surface area contributed by atoms with Crippen molar-refractivity contribution in [3.8, 4) is 17.0 Å². The van der Waals surface area contributed by atoms with Gasteiger partial charge in [-0.15, -0.1) is 0 Å². The monoisotopic (exact) mass is 523 g/mol. The van der Waals surface area contributed by atoms with Crippen LogP contribution in [-0.2, 0) is 10.9 Å². The molecule has 0 bridgehead atoms. The Morgan fingerprint density at radius 3 is 2.54 bits per heavy atom. The number of alkyl halides is 3. The maximum Gasteiger partial charge on any atom is 0.421 e. The summed E-state index contributed by atoms with van der Waals surface area (Å²) >= 11 is 0. The van der Waals surface area contributed by atoms with Crippen molar-refractivity contribution in [1.29, 1.82) is 0 Å². The molecule has 37 heavy (non-hydrogen) atoms. The van der Waals surface area contributed by atoms with Gasteiger partial charge in [0.2, 0.25) is 5.88 Å². The maximum atomic E-state index is 14.6. The Balaban J connectivity index is 1.73. The quantitative estimate of drug-likeness (QED) is 0.366. The Hall–Kier alpha value is -3.50. The molecule has 198 valence electrons. The highest BCUT2D eigenvalue weighted by molar-refractivity contribution is 5.94. The van der Waals surface area contributed by atoms with E-state index in [1.54, 1.807) is 13.8 Å². The summed E-state index contributed by atoms with van der Waals surface area (Å²) in [7, 11) is 0. The Labute approximate surface area is 210 Å². The molecule has 3 aromatic rings. The van der Waals surface area contributed by atoms with Crippen LogP contribution in [0.4, 0.5) is 26.7 Å². The number of alkyl carbamates (subject to hydrolysis) is 1. The van der Waals surface area contributed by atoms with E-state index in [9.17, 15) is 26.7 Å². The number of hydrogen-bond acceptors (Lipinski definition) is 5. The van der Waals surface area contributed by atoms with Gasteiger partial charge in [0.05, 0.1) is 11.1 Å². The maximum absolute atomic E-state index is 14.6. The molecular formula is C26H26F5N3O3. The number of benzene rings is 1. The van der Waals surface area contributed by atoms with E-state index < -0.39 is 46.5 Å². The Bertz CT molecular complexity index is 1340. The molecule has 1 aliphatic heterocycles. The summed E-state index contributed by atoms with van der Waals surface area (Å²) < 4.78 is 81.4. The third kappa shape index (κ3) is 5.75. The lowest BCUT2D eigenvalue weighted by Gasteiger charge is -2.45. The van der Waals surface area contributed by atoms with Crippen LogP contribution in [0.15, 0.2) is 36.7 Å². The molecule has 1 atom stereocenters. The van der Waals surface area contributed by atoms with E-state index in [0.717, 1.165) is 18.3 Å². The lowest BCUT2D eigenvalue weighted by Crippen LogP contribution is -2.62. The van der Waals surface area contributed by atoms with E-state index in [0.29, 0.717) is 18.9 Å².